The van der Waals surface area contributed by atoms with Crippen LogP contribution in [0.5, 0.6) is 0 Å². The number of sulfone groups is 1. The van der Waals surface area contributed by atoms with Crippen LogP contribution in [0.25, 0.3) is 0 Å². The van der Waals surface area contributed by atoms with Crippen molar-refractivity contribution in [2.45, 2.75) is 11.8 Å². The lowest BCUT2D eigenvalue weighted by Crippen LogP contribution is -2.11. The van der Waals surface area contributed by atoms with Crippen LogP contribution >= 0.6 is 11.6 Å². The van der Waals surface area contributed by atoms with Gasteiger partial charge in [-0.1, -0.05) is 11.6 Å². The average molecular weight is 293 g/mol. The van der Waals surface area contributed by atoms with Crippen molar-refractivity contribution in [2.75, 3.05) is 11.6 Å². The van der Waals surface area contributed by atoms with Gasteiger partial charge in [-0.25, -0.2) is 8.42 Å². The number of rotatable bonds is 3. The van der Waals surface area contributed by atoms with Crippen LogP contribution in [0.3, 0.4) is 0 Å². The van der Waals surface area contributed by atoms with Crippen LogP contribution in [0.2, 0.25) is 5.02 Å². The van der Waals surface area contributed by atoms with Gasteiger partial charge in [0.05, 0.1) is 9.95 Å². The van der Waals surface area contributed by atoms with Crippen LogP contribution in [-0.2, 0) is 14.6 Å². The molecule has 7 nitrogen and oxygen atoms in total. The van der Waals surface area contributed by atoms with E-state index in [9.17, 15) is 23.3 Å². The molecule has 98 valence electrons. The minimum atomic E-state index is -3.89. The number of carbonyl (C=O) groups excluding carboxylic acids is 1. The van der Waals surface area contributed by atoms with Crippen molar-refractivity contribution in [1.29, 1.82) is 0 Å². The number of anilines is 1. The van der Waals surface area contributed by atoms with Gasteiger partial charge in [-0.2, -0.15) is 0 Å². The Morgan fingerprint density at radius 2 is 2.00 bits per heavy atom. The molecular weight excluding hydrogens is 284 g/mol. The summed E-state index contributed by atoms with van der Waals surface area (Å²) in [5, 5.41) is 12.9. The number of halogens is 1. The van der Waals surface area contributed by atoms with Gasteiger partial charge < -0.3 is 5.32 Å². The highest BCUT2D eigenvalue weighted by molar-refractivity contribution is 7.91. The number of nitrogens with one attached hydrogen (secondary N) is 1. The summed E-state index contributed by atoms with van der Waals surface area (Å²) < 4.78 is 23.0. The Labute approximate surface area is 108 Å². The second kappa shape index (κ2) is 4.91. The molecule has 0 fully saturated rings. The van der Waals surface area contributed by atoms with E-state index >= 15 is 0 Å². The minimum absolute atomic E-state index is 0.211. The highest BCUT2D eigenvalue weighted by Gasteiger charge is 2.29. The number of amides is 1. The molecule has 0 radical (unpaired) electrons. The molecule has 0 atom stereocenters. The number of carbonyl (C=O) groups is 1. The third kappa shape index (κ3) is 2.96. The van der Waals surface area contributed by atoms with E-state index in [1.807, 2.05) is 0 Å². The molecule has 1 N–H and O–H groups in total. The molecule has 1 rings (SSSR count). The largest absolute Gasteiger partial charge is 0.321 e. The summed E-state index contributed by atoms with van der Waals surface area (Å²) >= 11 is 5.67. The smallest absolute Gasteiger partial charge is 0.312 e. The Balaban J connectivity index is 3.69. The number of hydrogen-bond acceptors (Lipinski definition) is 5. The summed E-state index contributed by atoms with van der Waals surface area (Å²) in [4.78, 5) is 20.4. The van der Waals surface area contributed by atoms with Gasteiger partial charge in [0, 0.05) is 13.2 Å². The first-order valence-electron chi connectivity index (χ1n) is 4.59. The quantitative estimate of drug-likeness (QED) is 0.673. The molecule has 0 aliphatic heterocycles. The van der Waals surface area contributed by atoms with Gasteiger partial charge in [0.15, 0.2) is 14.7 Å². The fraction of sp³-hybridized carbons (Fsp3) is 0.222. The minimum Gasteiger partial charge on any atom is -0.321 e. The van der Waals surface area contributed by atoms with E-state index < -0.39 is 31.3 Å². The number of nitrogens with zero attached hydrogens (tertiary/aromatic N) is 1. The van der Waals surface area contributed by atoms with Gasteiger partial charge in [-0.3, -0.25) is 14.9 Å². The summed E-state index contributed by atoms with van der Waals surface area (Å²) in [6.45, 7) is 1.15. The normalized spacial score (nSPS) is 11.1. The number of nitro benzene ring substituents is 1. The molecule has 0 saturated heterocycles. The Kier molecular flexibility index (Phi) is 3.92. The summed E-state index contributed by atoms with van der Waals surface area (Å²) in [6, 6.07) is 2.35. The molecule has 1 aromatic carbocycles. The molecule has 0 aliphatic carbocycles. The van der Waals surface area contributed by atoms with E-state index in [2.05, 4.69) is 5.32 Å². The Hall–Kier alpha value is -1.67. The lowest BCUT2D eigenvalue weighted by molar-refractivity contribution is -0.386. The highest BCUT2D eigenvalue weighted by atomic mass is 35.5. The fourth-order valence-corrected chi connectivity index (χ4v) is 2.90. The van der Waals surface area contributed by atoms with Gasteiger partial charge in [-0.05, 0) is 12.1 Å². The van der Waals surface area contributed by atoms with Crippen molar-refractivity contribution in [2.24, 2.45) is 0 Å². The maximum Gasteiger partial charge on any atom is 0.312 e. The molecule has 0 aliphatic rings. The maximum absolute atomic E-state index is 11.5. The molecule has 0 bridgehead atoms. The third-order valence-corrected chi connectivity index (χ3v) is 3.53. The second-order valence-corrected chi connectivity index (χ2v) is 5.84. The van der Waals surface area contributed by atoms with Crippen LogP contribution in [0.15, 0.2) is 17.0 Å². The van der Waals surface area contributed by atoms with Gasteiger partial charge in [-0.15, -0.1) is 0 Å². The lowest BCUT2D eigenvalue weighted by atomic mass is 10.2. The monoisotopic (exact) mass is 292 g/mol. The molecule has 0 unspecified atom stereocenters. The van der Waals surface area contributed by atoms with E-state index in [1.165, 1.54) is 12.1 Å². The van der Waals surface area contributed by atoms with Crippen LogP contribution in [0, 0.1) is 10.1 Å². The SMILES string of the molecule is CC(=O)Nc1ccc(Cl)c(S(C)(=O)=O)c1[N+](=O)[O-]. The Morgan fingerprint density at radius 3 is 2.39 bits per heavy atom. The second-order valence-electron chi connectivity index (χ2n) is 3.48. The van der Waals surface area contributed by atoms with Crippen LogP contribution in [0.1, 0.15) is 6.92 Å². The van der Waals surface area contributed by atoms with E-state index in [1.54, 1.807) is 0 Å². The molecular formula is C9H9ClN2O5S. The van der Waals surface area contributed by atoms with E-state index in [-0.39, 0.29) is 10.7 Å². The standard InChI is InChI=1S/C9H9ClN2O5S/c1-5(13)11-7-4-3-6(10)9(18(2,16)17)8(7)12(14)15/h3-4H,1-2H3,(H,11,13). The fourth-order valence-electron chi connectivity index (χ4n) is 1.37. The third-order valence-electron chi connectivity index (χ3n) is 1.95. The van der Waals surface area contributed by atoms with Crippen molar-refractivity contribution >= 4 is 38.7 Å². The summed E-state index contributed by atoms with van der Waals surface area (Å²) in [6.07, 6.45) is 0.804. The summed E-state index contributed by atoms with van der Waals surface area (Å²) in [5.74, 6) is -0.556. The Morgan fingerprint density at radius 1 is 1.44 bits per heavy atom. The first kappa shape index (κ1) is 14.4. The molecule has 18 heavy (non-hydrogen) atoms. The average Bonchev–Trinajstić information content (AvgIpc) is 2.17. The van der Waals surface area contributed by atoms with E-state index in [0.29, 0.717) is 0 Å². The maximum atomic E-state index is 11.5. The van der Waals surface area contributed by atoms with Crippen LogP contribution in [0.4, 0.5) is 11.4 Å². The summed E-state index contributed by atoms with van der Waals surface area (Å²) in [7, 11) is -3.89. The zero-order valence-corrected chi connectivity index (χ0v) is 11.0. The van der Waals surface area contributed by atoms with Crippen molar-refractivity contribution in [1.82, 2.24) is 0 Å². The highest BCUT2D eigenvalue weighted by Crippen LogP contribution is 2.37. The van der Waals surface area contributed by atoms with Gasteiger partial charge in [0.1, 0.15) is 5.69 Å². The molecule has 1 amide bonds. The van der Waals surface area contributed by atoms with Crippen molar-refractivity contribution in [3.05, 3.63) is 27.3 Å². The number of benzene rings is 1. The van der Waals surface area contributed by atoms with Crippen molar-refractivity contribution in [3.63, 3.8) is 0 Å². The van der Waals surface area contributed by atoms with E-state index in [4.69, 9.17) is 11.6 Å². The van der Waals surface area contributed by atoms with E-state index in [0.717, 1.165) is 13.2 Å². The molecule has 9 heteroatoms. The molecule has 0 aromatic heterocycles. The molecule has 0 heterocycles. The van der Waals surface area contributed by atoms with Gasteiger partial charge >= 0.3 is 5.69 Å². The van der Waals surface area contributed by atoms with Crippen molar-refractivity contribution in [3.8, 4) is 0 Å². The number of nitro groups is 1. The van der Waals surface area contributed by atoms with Crippen LogP contribution in [-0.4, -0.2) is 25.5 Å². The lowest BCUT2D eigenvalue weighted by Gasteiger charge is -2.08. The topological polar surface area (TPSA) is 106 Å². The zero-order chi connectivity index (χ0) is 14.1. The molecule has 0 spiro atoms. The first-order chi connectivity index (χ1) is 8.14. The molecule has 1 aromatic rings. The van der Waals surface area contributed by atoms with Crippen molar-refractivity contribution < 1.29 is 18.1 Å². The zero-order valence-electron chi connectivity index (χ0n) is 9.43. The van der Waals surface area contributed by atoms with Gasteiger partial charge in [0.25, 0.3) is 0 Å². The van der Waals surface area contributed by atoms with Crippen LogP contribution < -0.4 is 5.32 Å². The first-order valence-corrected chi connectivity index (χ1v) is 6.86. The predicted octanol–water partition coefficient (Wildman–Crippen LogP) is 1.61. The molecule has 0 saturated carbocycles. The van der Waals surface area contributed by atoms with Gasteiger partial charge in [0.2, 0.25) is 5.91 Å². The Bertz CT molecular complexity index is 626. The summed E-state index contributed by atoms with van der Waals surface area (Å²) in [5.41, 5.74) is -0.947. The number of hydrogen-bond donors (Lipinski definition) is 1. The predicted molar refractivity (Wildman–Crippen MR) is 65.5 cm³/mol.